The molecule has 3 amide bonds. The van der Waals surface area contributed by atoms with E-state index in [-0.39, 0.29) is 31.1 Å². The Balaban J connectivity index is 1.45. The Morgan fingerprint density at radius 1 is 0.842 bits per heavy atom. The summed E-state index contributed by atoms with van der Waals surface area (Å²) in [4.78, 5) is 28.1. The molecule has 2 atom stereocenters. The number of urea groups is 1. The molecule has 1 heterocycles. The van der Waals surface area contributed by atoms with Gasteiger partial charge in [-0.3, -0.25) is 4.79 Å². The van der Waals surface area contributed by atoms with Crippen molar-refractivity contribution in [3.8, 4) is 0 Å². The number of likely N-dealkylation sites (tertiary alicyclic amines) is 1. The zero-order chi connectivity index (χ0) is 27.1. The standard InChI is InChI=1S/C30H32F3N3O2/c1-2-21-11-13-24(14-12-21)27-16-15-25(20-36(27)29(38)35-18-22-7-4-3-5-8-22)28(37)34-19-23-9-6-10-26(17-23)30(31,32)33/h3-14,17,25,27H,2,15-16,18-20H2,1H3,(H,34,37)(H,35,38)/t25-,27+/m1/s1. The quantitative estimate of drug-likeness (QED) is 0.385. The van der Waals surface area contributed by atoms with Crippen LogP contribution in [-0.2, 0) is 30.5 Å². The van der Waals surface area contributed by atoms with Crippen LogP contribution in [0.15, 0.2) is 78.9 Å². The summed E-state index contributed by atoms with van der Waals surface area (Å²) in [6, 6.07) is 22.3. The highest BCUT2D eigenvalue weighted by atomic mass is 19.4. The van der Waals surface area contributed by atoms with Crippen LogP contribution < -0.4 is 10.6 Å². The lowest BCUT2D eigenvalue weighted by atomic mass is 9.88. The second kappa shape index (κ2) is 12.2. The number of rotatable bonds is 7. The van der Waals surface area contributed by atoms with Crippen LogP contribution in [-0.4, -0.2) is 23.4 Å². The maximum absolute atomic E-state index is 13.3. The van der Waals surface area contributed by atoms with Crippen molar-refractivity contribution < 1.29 is 22.8 Å². The molecule has 0 bridgehead atoms. The van der Waals surface area contributed by atoms with Gasteiger partial charge >= 0.3 is 12.2 Å². The highest BCUT2D eigenvalue weighted by molar-refractivity contribution is 5.81. The van der Waals surface area contributed by atoms with E-state index < -0.39 is 17.7 Å². The van der Waals surface area contributed by atoms with Crippen molar-refractivity contribution in [2.75, 3.05) is 6.54 Å². The van der Waals surface area contributed by atoms with Gasteiger partial charge < -0.3 is 15.5 Å². The predicted octanol–water partition coefficient (Wildman–Crippen LogP) is 6.25. The molecule has 1 fully saturated rings. The fourth-order valence-corrected chi connectivity index (χ4v) is 4.80. The van der Waals surface area contributed by atoms with E-state index in [9.17, 15) is 22.8 Å². The largest absolute Gasteiger partial charge is 0.416 e. The number of piperidine rings is 1. The van der Waals surface area contributed by atoms with E-state index in [1.807, 2.05) is 42.5 Å². The zero-order valence-corrected chi connectivity index (χ0v) is 21.3. The van der Waals surface area contributed by atoms with E-state index in [0.717, 1.165) is 29.7 Å². The average Bonchev–Trinajstić information content (AvgIpc) is 2.94. The van der Waals surface area contributed by atoms with Crippen LogP contribution >= 0.6 is 0 Å². The van der Waals surface area contributed by atoms with Gasteiger partial charge in [0.05, 0.1) is 17.5 Å². The van der Waals surface area contributed by atoms with Gasteiger partial charge in [-0.05, 0) is 53.6 Å². The van der Waals surface area contributed by atoms with Crippen molar-refractivity contribution in [2.24, 2.45) is 5.92 Å². The van der Waals surface area contributed by atoms with E-state index in [2.05, 4.69) is 29.7 Å². The van der Waals surface area contributed by atoms with Crippen LogP contribution in [0.25, 0.3) is 0 Å². The Kier molecular flexibility index (Phi) is 8.71. The van der Waals surface area contributed by atoms with Crippen LogP contribution in [0.4, 0.5) is 18.0 Å². The summed E-state index contributed by atoms with van der Waals surface area (Å²) in [5.41, 5.74) is 2.81. The summed E-state index contributed by atoms with van der Waals surface area (Å²) in [5, 5.41) is 5.75. The number of halogens is 3. The fraction of sp³-hybridized carbons (Fsp3) is 0.333. The minimum atomic E-state index is -4.44. The van der Waals surface area contributed by atoms with Crippen LogP contribution in [0.2, 0.25) is 0 Å². The van der Waals surface area contributed by atoms with Crippen molar-refractivity contribution in [1.29, 1.82) is 0 Å². The van der Waals surface area contributed by atoms with E-state index in [0.29, 0.717) is 24.9 Å². The first kappa shape index (κ1) is 27.2. The molecule has 0 spiro atoms. The van der Waals surface area contributed by atoms with Crippen molar-refractivity contribution in [3.63, 3.8) is 0 Å². The maximum atomic E-state index is 13.3. The summed E-state index contributed by atoms with van der Waals surface area (Å²) in [6.07, 6.45) is -2.36. The maximum Gasteiger partial charge on any atom is 0.416 e. The van der Waals surface area contributed by atoms with E-state index in [4.69, 9.17) is 0 Å². The third-order valence-electron chi connectivity index (χ3n) is 6.99. The van der Waals surface area contributed by atoms with Gasteiger partial charge in [-0.1, -0.05) is 73.7 Å². The van der Waals surface area contributed by atoms with Crippen LogP contribution in [0.1, 0.15) is 53.6 Å². The number of nitrogens with zero attached hydrogens (tertiary/aromatic N) is 1. The van der Waals surface area contributed by atoms with Gasteiger partial charge in [0.25, 0.3) is 0 Å². The molecule has 200 valence electrons. The number of nitrogens with one attached hydrogen (secondary N) is 2. The Bertz CT molecular complexity index is 1230. The Labute approximate surface area is 221 Å². The molecule has 5 nitrogen and oxygen atoms in total. The van der Waals surface area contributed by atoms with E-state index in [1.54, 1.807) is 11.0 Å². The molecule has 2 N–H and O–H groups in total. The number of hydrogen-bond acceptors (Lipinski definition) is 2. The van der Waals surface area contributed by atoms with Crippen LogP contribution in [0.5, 0.6) is 0 Å². The summed E-state index contributed by atoms with van der Waals surface area (Å²) >= 11 is 0. The number of amides is 3. The number of benzene rings is 3. The summed E-state index contributed by atoms with van der Waals surface area (Å²) in [6.45, 7) is 2.65. The monoisotopic (exact) mass is 523 g/mol. The van der Waals surface area contributed by atoms with Gasteiger partial charge in [0.2, 0.25) is 5.91 Å². The normalized spacial score (nSPS) is 17.6. The molecule has 0 aromatic heterocycles. The second-order valence-corrected chi connectivity index (χ2v) is 9.60. The van der Waals surface area contributed by atoms with Crippen molar-refractivity contribution in [3.05, 3.63) is 107 Å². The molecule has 0 radical (unpaired) electrons. The molecular weight excluding hydrogens is 491 g/mol. The second-order valence-electron chi connectivity index (χ2n) is 9.60. The van der Waals surface area contributed by atoms with E-state index in [1.165, 1.54) is 11.6 Å². The van der Waals surface area contributed by atoms with Crippen molar-refractivity contribution >= 4 is 11.9 Å². The molecule has 0 unspecified atom stereocenters. The Morgan fingerprint density at radius 3 is 2.21 bits per heavy atom. The minimum absolute atomic E-state index is 0.0125. The topological polar surface area (TPSA) is 61.4 Å². The van der Waals surface area contributed by atoms with Gasteiger partial charge in [-0.2, -0.15) is 13.2 Å². The smallest absolute Gasteiger partial charge is 0.352 e. The van der Waals surface area contributed by atoms with Gasteiger partial charge in [0, 0.05) is 19.6 Å². The highest BCUT2D eigenvalue weighted by Gasteiger charge is 2.36. The molecule has 4 rings (SSSR count). The van der Waals surface area contributed by atoms with Crippen LogP contribution in [0, 0.1) is 5.92 Å². The van der Waals surface area contributed by atoms with Crippen molar-refractivity contribution in [1.82, 2.24) is 15.5 Å². The molecule has 0 aliphatic carbocycles. The molecule has 0 saturated carbocycles. The third kappa shape index (κ3) is 6.94. The number of alkyl halides is 3. The van der Waals surface area contributed by atoms with Gasteiger partial charge in [0.15, 0.2) is 0 Å². The fourth-order valence-electron chi connectivity index (χ4n) is 4.80. The molecule has 3 aromatic carbocycles. The van der Waals surface area contributed by atoms with Crippen molar-refractivity contribution in [2.45, 2.75) is 51.5 Å². The SMILES string of the molecule is CCc1ccc([C@@H]2CC[C@@H](C(=O)NCc3cccc(C(F)(F)F)c3)CN2C(=O)NCc2ccccc2)cc1. The molecule has 1 aliphatic heterocycles. The molecule has 1 aliphatic rings. The lowest BCUT2D eigenvalue weighted by molar-refractivity contribution is -0.137. The lowest BCUT2D eigenvalue weighted by Gasteiger charge is -2.39. The molecular formula is C30H32F3N3O2. The summed E-state index contributed by atoms with van der Waals surface area (Å²) in [5.74, 6) is -0.738. The van der Waals surface area contributed by atoms with Crippen LogP contribution in [0.3, 0.4) is 0 Å². The van der Waals surface area contributed by atoms with Gasteiger partial charge in [-0.15, -0.1) is 0 Å². The first-order valence-corrected chi connectivity index (χ1v) is 12.9. The minimum Gasteiger partial charge on any atom is -0.352 e. The first-order chi connectivity index (χ1) is 18.2. The first-order valence-electron chi connectivity index (χ1n) is 12.9. The molecule has 3 aromatic rings. The number of hydrogen-bond donors (Lipinski definition) is 2. The highest BCUT2D eigenvalue weighted by Crippen LogP contribution is 2.34. The Hall–Kier alpha value is -3.81. The predicted molar refractivity (Wildman–Crippen MR) is 140 cm³/mol. The van der Waals surface area contributed by atoms with Gasteiger partial charge in [0.1, 0.15) is 0 Å². The number of carbonyl (C=O) groups is 2. The summed E-state index contributed by atoms with van der Waals surface area (Å²) < 4.78 is 39.1. The van der Waals surface area contributed by atoms with E-state index >= 15 is 0 Å². The molecule has 8 heteroatoms. The molecule has 38 heavy (non-hydrogen) atoms. The average molecular weight is 524 g/mol. The number of carbonyl (C=O) groups excluding carboxylic acids is 2. The summed E-state index contributed by atoms with van der Waals surface area (Å²) in [7, 11) is 0. The number of aryl methyl sites for hydroxylation is 1. The third-order valence-corrected chi connectivity index (χ3v) is 6.99. The lowest BCUT2D eigenvalue weighted by Crippen LogP contribution is -2.50. The zero-order valence-electron chi connectivity index (χ0n) is 21.3. The Morgan fingerprint density at radius 2 is 1.53 bits per heavy atom. The molecule has 1 saturated heterocycles. The van der Waals surface area contributed by atoms with Gasteiger partial charge in [-0.25, -0.2) is 4.79 Å².